The van der Waals surface area contributed by atoms with Gasteiger partial charge in [-0.2, -0.15) is 0 Å². The number of rotatable bonds is 5. The molecule has 6 nitrogen and oxygen atoms in total. The number of nitrogens with zero attached hydrogens (tertiary/aromatic N) is 4. The third-order valence-corrected chi connectivity index (χ3v) is 5.92. The van der Waals surface area contributed by atoms with Gasteiger partial charge in [0, 0.05) is 49.2 Å². The SMILES string of the molecule is OC[C@@H]1OCCN(Cc2cnc(N3CCCCC3)nc2)[C@H]1c1ccccc1Cl. The zero-order chi connectivity index (χ0) is 19.3. The van der Waals surface area contributed by atoms with Crippen molar-refractivity contribution in [2.24, 2.45) is 0 Å². The molecule has 1 aromatic heterocycles. The Labute approximate surface area is 171 Å². The Bertz CT molecular complexity index is 767. The maximum Gasteiger partial charge on any atom is 0.225 e. The highest BCUT2D eigenvalue weighted by Crippen LogP contribution is 2.34. The minimum absolute atomic E-state index is 0.0449. The maximum atomic E-state index is 9.85. The van der Waals surface area contributed by atoms with E-state index < -0.39 is 0 Å². The van der Waals surface area contributed by atoms with Crippen LogP contribution in [0.1, 0.15) is 36.4 Å². The van der Waals surface area contributed by atoms with Crippen molar-refractivity contribution in [1.82, 2.24) is 14.9 Å². The molecule has 0 spiro atoms. The quantitative estimate of drug-likeness (QED) is 0.829. The zero-order valence-electron chi connectivity index (χ0n) is 16.0. The van der Waals surface area contributed by atoms with E-state index in [9.17, 15) is 5.11 Å². The highest BCUT2D eigenvalue weighted by Gasteiger charge is 2.34. The molecule has 2 fully saturated rings. The van der Waals surface area contributed by atoms with Crippen LogP contribution in [0.3, 0.4) is 0 Å². The molecule has 7 heteroatoms. The molecule has 2 saturated heterocycles. The number of ether oxygens (including phenoxy) is 1. The topological polar surface area (TPSA) is 61.7 Å². The molecule has 0 saturated carbocycles. The van der Waals surface area contributed by atoms with Gasteiger partial charge >= 0.3 is 0 Å². The van der Waals surface area contributed by atoms with Gasteiger partial charge < -0.3 is 14.7 Å². The minimum atomic E-state index is -0.304. The van der Waals surface area contributed by atoms with Crippen LogP contribution in [0.15, 0.2) is 36.7 Å². The number of hydrogen-bond donors (Lipinski definition) is 1. The lowest BCUT2D eigenvalue weighted by atomic mass is 9.97. The number of piperidine rings is 1. The molecular weight excluding hydrogens is 376 g/mol. The van der Waals surface area contributed by atoms with E-state index in [-0.39, 0.29) is 18.8 Å². The summed E-state index contributed by atoms with van der Waals surface area (Å²) in [6.07, 6.45) is 7.25. The summed E-state index contributed by atoms with van der Waals surface area (Å²) in [5.41, 5.74) is 2.03. The molecule has 0 radical (unpaired) electrons. The summed E-state index contributed by atoms with van der Waals surface area (Å²) in [4.78, 5) is 13.8. The predicted molar refractivity (Wildman–Crippen MR) is 110 cm³/mol. The van der Waals surface area contributed by atoms with Crippen LogP contribution in [-0.2, 0) is 11.3 Å². The lowest BCUT2D eigenvalue weighted by molar-refractivity contribution is -0.0960. The Morgan fingerprint density at radius 3 is 2.54 bits per heavy atom. The van der Waals surface area contributed by atoms with Gasteiger partial charge in [-0.15, -0.1) is 0 Å². The standard InChI is InChI=1S/C21H27ClN4O2/c22-18-7-3-2-6-17(18)20-19(15-27)28-11-10-26(20)14-16-12-23-21(24-13-16)25-8-4-1-5-9-25/h2-3,6-7,12-13,19-20,27H,1,4-5,8-11,14-15H2/t19-,20-/m0/s1. The highest BCUT2D eigenvalue weighted by atomic mass is 35.5. The monoisotopic (exact) mass is 402 g/mol. The van der Waals surface area contributed by atoms with Gasteiger partial charge in [-0.25, -0.2) is 9.97 Å². The van der Waals surface area contributed by atoms with E-state index in [0.717, 1.165) is 36.7 Å². The van der Waals surface area contributed by atoms with Gasteiger partial charge in [0.25, 0.3) is 0 Å². The molecule has 4 rings (SSSR count). The van der Waals surface area contributed by atoms with Crippen molar-refractivity contribution in [3.05, 3.63) is 52.8 Å². The van der Waals surface area contributed by atoms with Crippen molar-refractivity contribution in [3.8, 4) is 0 Å². The van der Waals surface area contributed by atoms with Crippen LogP contribution in [-0.4, -0.2) is 58.9 Å². The number of hydrogen-bond acceptors (Lipinski definition) is 6. The lowest BCUT2D eigenvalue weighted by Crippen LogP contribution is -2.46. The van der Waals surface area contributed by atoms with Gasteiger partial charge in [0.1, 0.15) is 6.10 Å². The van der Waals surface area contributed by atoms with E-state index >= 15 is 0 Å². The van der Waals surface area contributed by atoms with Crippen LogP contribution in [0.4, 0.5) is 5.95 Å². The van der Waals surface area contributed by atoms with Crippen molar-refractivity contribution < 1.29 is 9.84 Å². The van der Waals surface area contributed by atoms with Crippen molar-refractivity contribution in [2.45, 2.75) is 38.0 Å². The number of benzene rings is 1. The molecule has 1 N–H and O–H groups in total. The molecule has 0 amide bonds. The summed E-state index contributed by atoms with van der Waals surface area (Å²) in [6.45, 7) is 4.07. The maximum absolute atomic E-state index is 9.85. The number of aromatic nitrogens is 2. The van der Waals surface area contributed by atoms with Crippen LogP contribution in [0.5, 0.6) is 0 Å². The van der Waals surface area contributed by atoms with Crippen LogP contribution in [0.2, 0.25) is 5.02 Å². The second-order valence-corrected chi connectivity index (χ2v) is 7.87. The Morgan fingerprint density at radius 1 is 1.07 bits per heavy atom. The van der Waals surface area contributed by atoms with E-state index in [2.05, 4.69) is 19.8 Å². The minimum Gasteiger partial charge on any atom is -0.394 e. The lowest BCUT2D eigenvalue weighted by Gasteiger charge is -2.41. The average molecular weight is 403 g/mol. The van der Waals surface area contributed by atoms with Gasteiger partial charge in [0.15, 0.2) is 0 Å². The molecule has 2 aliphatic rings. The van der Waals surface area contributed by atoms with Crippen molar-refractivity contribution >= 4 is 17.5 Å². The Kier molecular flexibility index (Phi) is 6.42. The van der Waals surface area contributed by atoms with Crippen LogP contribution in [0, 0.1) is 0 Å². The zero-order valence-corrected chi connectivity index (χ0v) is 16.8. The largest absolute Gasteiger partial charge is 0.394 e. The van der Waals surface area contributed by atoms with Crippen LogP contribution >= 0.6 is 11.6 Å². The molecule has 2 atom stereocenters. The van der Waals surface area contributed by atoms with Crippen LogP contribution in [0.25, 0.3) is 0 Å². The summed E-state index contributed by atoms with van der Waals surface area (Å²) >= 11 is 6.46. The number of aliphatic hydroxyl groups excluding tert-OH is 1. The van der Waals surface area contributed by atoms with E-state index in [1.165, 1.54) is 19.3 Å². The predicted octanol–water partition coefficient (Wildman–Crippen LogP) is 3.05. The van der Waals surface area contributed by atoms with Crippen molar-refractivity contribution in [3.63, 3.8) is 0 Å². The molecule has 2 aliphatic heterocycles. The summed E-state index contributed by atoms with van der Waals surface area (Å²) < 4.78 is 5.83. The molecule has 3 heterocycles. The second-order valence-electron chi connectivity index (χ2n) is 7.47. The third kappa shape index (κ3) is 4.30. The normalized spacial score (nSPS) is 23.7. The van der Waals surface area contributed by atoms with Gasteiger partial charge in [0.05, 0.1) is 19.3 Å². The molecule has 0 bridgehead atoms. The first-order chi connectivity index (χ1) is 13.8. The number of morpholine rings is 1. The molecule has 0 unspecified atom stereocenters. The summed E-state index contributed by atoms with van der Waals surface area (Å²) in [6, 6.07) is 7.68. The Hall–Kier alpha value is -1.73. The fourth-order valence-electron chi connectivity index (χ4n) is 4.15. The summed E-state index contributed by atoms with van der Waals surface area (Å²) in [7, 11) is 0. The number of aliphatic hydroxyl groups is 1. The van der Waals surface area contributed by atoms with Gasteiger partial charge in [-0.05, 0) is 30.9 Å². The Balaban J connectivity index is 1.52. The van der Waals surface area contributed by atoms with E-state index in [0.29, 0.717) is 18.2 Å². The number of halogens is 1. The second kappa shape index (κ2) is 9.18. The first kappa shape index (κ1) is 19.6. The molecule has 2 aromatic rings. The highest BCUT2D eigenvalue weighted by molar-refractivity contribution is 6.31. The Morgan fingerprint density at radius 2 is 1.82 bits per heavy atom. The first-order valence-electron chi connectivity index (χ1n) is 10.0. The first-order valence-corrected chi connectivity index (χ1v) is 10.4. The van der Waals surface area contributed by atoms with Gasteiger partial charge in [0.2, 0.25) is 5.95 Å². The number of anilines is 1. The van der Waals surface area contributed by atoms with Crippen molar-refractivity contribution in [1.29, 1.82) is 0 Å². The van der Waals surface area contributed by atoms with Gasteiger partial charge in [-0.1, -0.05) is 29.8 Å². The summed E-state index contributed by atoms with van der Waals surface area (Å²) in [5.74, 6) is 0.821. The smallest absolute Gasteiger partial charge is 0.225 e. The molecule has 28 heavy (non-hydrogen) atoms. The third-order valence-electron chi connectivity index (χ3n) is 5.58. The van der Waals surface area contributed by atoms with E-state index in [1.54, 1.807) is 0 Å². The molecule has 1 aromatic carbocycles. The van der Waals surface area contributed by atoms with Crippen LogP contribution < -0.4 is 4.90 Å². The molecular formula is C21H27ClN4O2. The van der Waals surface area contributed by atoms with Crippen molar-refractivity contribution in [2.75, 3.05) is 37.7 Å². The fourth-order valence-corrected chi connectivity index (χ4v) is 4.40. The van der Waals surface area contributed by atoms with E-state index in [1.807, 2.05) is 36.7 Å². The van der Waals surface area contributed by atoms with E-state index in [4.69, 9.17) is 16.3 Å². The summed E-state index contributed by atoms with van der Waals surface area (Å²) in [5, 5.41) is 10.5. The molecule has 150 valence electrons. The molecule has 0 aliphatic carbocycles. The van der Waals surface area contributed by atoms with Gasteiger partial charge in [-0.3, -0.25) is 4.90 Å². The fraction of sp³-hybridized carbons (Fsp3) is 0.524. The average Bonchev–Trinajstić information content (AvgIpc) is 2.75.